The summed E-state index contributed by atoms with van der Waals surface area (Å²) in [6.45, 7) is 4.77. The van der Waals surface area contributed by atoms with Crippen LogP contribution in [0.2, 0.25) is 0 Å². The van der Waals surface area contributed by atoms with Crippen molar-refractivity contribution in [1.82, 2.24) is 9.97 Å². The van der Waals surface area contributed by atoms with Gasteiger partial charge in [0.1, 0.15) is 0 Å². The number of hydrogen-bond donors (Lipinski definition) is 0. The van der Waals surface area contributed by atoms with Crippen molar-refractivity contribution >= 4 is 0 Å². The van der Waals surface area contributed by atoms with E-state index in [4.69, 9.17) is 9.97 Å². The molecule has 9 aromatic carbocycles. The second kappa shape index (κ2) is 14.9. The van der Waals surface area contributed by atoms with Crippen LogP contribution in [0.1, 0.15) is 47.2 Å². The van der Waals surface area contributed by atoms with E-state index in [-0.39, 0.29) is 5.41 Å². The number of benzene rings is 9. The van der Waals surface area contributed by atoms with Crippen LogP contribution in [0.4, 0.5) is 0 Å². The molecule has 12 rings (SSSR count). The molecule has 1 spiro atoms. The fraction of sp³-hybridized carbons (Fsp3) is 0.0645. The molecule has 64 heavy (non-hydrogen) atoms. The van der Waals surface area contributed by atoms with Gasteiger partial charge in [0.2, 0.25) is 0 Å². The predicted octanol–water partition coefficient (Wildman–Crippen LogP) is 15.5. The van der Waals surface area contributed by atoms with Gasteiger partial charge in [-0.05, 0) is 96.1 Å². The fourth-order valence-corrected chi connectivity index (χ4v) is 10.9. The van der Waals surface area contributed by atoms with E-state index in [9.17, 15) is 0 Å². The first kappa shape index (κ1) is 37.8. The van der Waals surface area contributed by atoms with Gasteiger partial charge < -0.3 is 0 Å². The van der Waals surface area contributed by atoms with E-state index in [1.54, 1.807) is 0 Å². The van der Waals surface area contributed by atoms with Crippen molar-refractivity contribution in [2.24, 2.45) is 0 Å². The number of rotatable bonds is 6. The summed E-state index contributed by atoms with van der Waals surface area (Å²) < 4.78 is 0. The van der Waals surface area contributed by atoms with Crippen molar-refractivity contribution in [3.05, 3.63) is 264 Å². The standard InChI is InChI=1S/C62H44N2/c1-61(2)52-29-15-17-31-54(52)62(55-32-18-16-30-53(55)61)51-37-35-46(47-36-34-45(41-20-7-3-8-21-41)38-49(47)42-22-9-4-10-23-42)39-50(51)59-48(28-19-33-56(59)62)58-40-57(43-24-11-5-12-25-43)63-60(64-58)44-26-13-6-14-27-44/h3-40H,1-2H3. The van der Waals surface area contributed by atoms with Crippen molar-refractivity contribution in [2.45, 2.75) is 24.7 Å². The molecule has 0 bridgehead atoms. The second-order valence-corrected chi connectivity index (χ2v) is 17.6. The Morgan fingerprint density at radius 3 is 1.42 bits per heavy atom. The van der Waals surface area contributed by atoms with E-state index in [2.05, 4.69) is 238 Å². The molecule has 10 aromatic rings. The molecule has 0 atom stereocenters. The van der Waals surface area contributed by atoms with Crippen molar-refractivity contribution in [1.29, 1.82) is 0 Å². The van der Waals surface area contributed by atoms with E-state index >= 15 is 0 Å². The topological polar surface area (TPSA) is 25.8 Å². The Kier molecular flexibility index (Phi) is 8.77. The van der Waals surface area contributed by atoms with Gasteiger partial charge in [-0.25, -0.2) is 9.97 Å². The minimum atomic E-state index is -0.571. The second-order valence-electron chi connectivity index (χ2n) is 17.6. The van der Waals surface area contributed by atoms with Crippen molar-refractivity contribution in [2.75, 3.05) is 0 Å². The molecular weight excluding hydrogens is 773 g/mol. The van der Waals surface area contributed by atoms with E-state index in [0.29, 0.717) is 5.82 Å². The Labute approximate surface area is 375 Å². The van der Waals surface area contributed by atoms with Gasteiger partial charge in [-0.1, -0.05) is 226 Å². The molecule has 0 N–H and O–H groups in total. The lowest BCUT2D eigenvalue weighted by Gasteiger charge is -2.46. The first-order chi connectivity index (χ1) is 31.5. The number of hydrogen-bond acceptors (Lipinski definition) is 2. The minimum absolute atomic E-state index is 0.203. The normalized spacial score (nSPS) is 13.7. The summed E-state index contributed by atoms with van der Waals surface area (Å²) in [5.74, 6) is 0.706. The largest absolute Gasteiger partial charge is 0.228 e. The monoisotopic (exact) mass is 816 g/mol. The third-order valence-electron chi connectivity index (χ3n) is 13.8. The maximum Gasteiger partial charge on any atom is 0.160 e. The summed E-state index contributed by atoms with van der Waals surface area (Å²) in [4.78, 5) is 10.7. The lowest BCUT2D eigenvalue weighted by Crippen LogP contribution is -2.40. The van der Waals surface area contributed by atoms with Gasteiger partial charge in [-0.2, -0.15) is 0 Å². The first-order valence-corrected chi connectivity index (χ1v) is 22.2. The van der Waals surface area contributed by atoms with Crippen LogP contribution in [0.15, 0.2) is 231 Å². The Hall–Kier alpha value is -7.94. The highest BCUT2D eigenvalue weighted by Gasteiger charge is 2.53. The third kappa shape index (κ3) is 5.80. The third-order valence-corrected chi connectivity index (χ3v) is 13.8. The molecule has 1 aromatic heterocycles. The van der Waals surface area contributed by atoms with E-state index in [1.807, 2.05) is 6.07 Å². The minimum Gasteiger partial charge on any atom is -0.228 e. The van der Waals surface area contributed by atoms with E-state index in [1.165, 1.54) is 77.9 Å². The van der Waals surface area contributed by atoms with Crippen LogP contribution in [0.3, 0.4) is 0 Å². The highest BCUT2D eigenvalue weighted by atomic mass is 14.9. The van der Waals surface area contributed by atoms with Gasteiger partial charge in [0.05, 0.1) is 16.8 Å². The molecule has 2 heteroatoms. The molecule has 0 saturated heterocycles. The molecule has 0 radical (unpaired) electrons. The van der Waals surface area contributed by atoms with Crippen LogP contribution in [-0.2, 0) is 10.8 Å². The van der Waals surface area contributed by atoms with Crippen LogP contribution in [0.25, 0.3) is 78.4 Å². The van der Waals surface area contributed by atoms with E-state index in [0.717, 1.165) is 28.1 Å². The van der Waals surface area contributed by atoms with Crippen LogP contribution in [0, 0.1) is 0 Å². The summed E-state index contributed by atoms with van der Waals surface area (Å²) in [5, 5.41) is 0. The van der Waals surface area contributed by atoms with Gasteiger partial charge in [0, 0.05) is 22.1 Å². The predicted molar refractivity (Wildman–Crippen MR) is 264 cm³/mol. The Morgan fingerprint density at radius 1 is 0.281 bits per heavy atom. The van der Waals surface area contributed by atoms with Crippen molar-refractivity contribution in [3.8, 4) is 78.4 Å². The number of nitrogens with zero attached hydrogens (tertiary/aromatic N) is 2. The van der Waals surface area contributed by atoms with Gasteiger partial charge >= 0.3 is 0 Å². The Morgan fingerprint density at radius 2 is 0.781 bits per heavy atom. The maximum absolute atomic E-state index is 5.46. The molecule has 2 aliphatic rings. The summed E-state index contributed by atoms with van der Waals surface area (Å²) in [7, 11) is 0. The molecule has 0 amide bonds. The first-order valence-electron chi connectivity index (χ1n) is 22.2. The average molecular weight is 817 g/mol. The fourth-order valence-electron chi connectivity index (χ4n) is 10.9. The van der Waals surface area contributed by atoms with Crippen LogP contribution >= 0.6 is 0 Å². The molecule has 1 heterocycles. The summed E-state index contributed by atoms with van der Waals surface area (Å²) in [5.41, 5.74) is 21.7. The van der Waals surface area contributed by atoms with Crippen molar-refractivity contribution < 1.29 is 0 Å². The SMILES string of the molecule is CC1(C)c2ccccc2C2(c3ccc(-c4ccc(-c5ccccc5)cc4-c4ccccc4)cc3-c3c(-c4cc(-c5ccccc5)nc(-c5ccccc5)n4)cccc32)c2ccccc21. The molecule has 0 aliphatic heterocycles. The quantitative estimate of drug-likeness (QED) is 0.167. The van der Waals surface area contributed by atoms with Gasteiger partial charge in [0.15, 0.2) is 5.82 Å². The smallest absolute Gasteiger partial charge is 0.160 e. The number of fused-ring (bicyclic) bond motifs is 9. The van der Waals surface area contributed by atoms with Gasteiger partial charge in [0.25, 0.3) is 0 Å². The zero-order chi connectivity index (χ0) is 42.8. The zero-order valence-electron chi connectivity index (χ0n) is 35.8. The van der Waals surface area contributed by atoms with Gasteiger partial charge in [-0.15, -0.1) is 0 Å². The van der Waals surface area contributed by atoms with E-state index < -0.39 is 5.41 Å². The van der Waals surface area contributed by atoms with Crippen LogP contribution in [0.5, 0.6) is 0 Å². The highest BCUT2D eigenvalue weighted by molar-refractivity contribution is 5.99. The molecule has 0 fully saturated rings. The Balaban J connectivity index is 1.17. The molecular formula is C62H44N2. The molecule has 0 unspecified atom stereocenters. The highest BCUT2D eigenvalue weighted by Crippen LogP contribution is 2.64. The maximum atomic E-state index is 5.46. The zero-order valence-corrected chi connectivity index (χ0v) is 35.8. The Bertz CT molecular complexity index is 3280. The van der Waals surface area contributed by atoms with Crippen molar-refractivity contribution in [3.63, 3.8) is 0 Å². The summed E-state index contributed by atoms with van der Waals surface area (Å²) in [6.07, 6.45) is 0. The molecule has 2 aliphatic carbocycles. The lowest BCUT2D eigenvalue weighted by molar-refractivity contribution is 0.563. The molecule has 2 nitrogen and oxygen atoms in total. The van der Waals surface area contributed by atoms with Crippen LogP contribution < -0.4 is 0 Å². The molecule has 302 valence electrons. The molecule has 0 saturated carbocycles. The summed E-state index contributed by atoms with van der Waals surface area (Å²) >= 11 is 0. The van der Waals surface area contributed by atoms with Crippen LogP contribution in [-0.4, -0.2) is 9.97 Å². The average Bonchev–Trinajstić information content (AvgIpc) is 3.67. The summed E-state index contributed by atoms with van der Waals surface area (Å²) in [6, 6.07) is 84.0. The number of aromatic nitrogens is 2. The van der Waals surface area contributed by atoms with Gasteiger partial charge in [-0.3, -0.25) is 0 Å². The lowest BCUT2D eigenvalue weighted by atomic mass is 9.55.